The van der Waals surface area contributed by atoms with Gasteiger partial charge in [0, 0.05) is 24.1 Å². The van der Waals surface area contributed by atoms with Gasteiger partial charge in [0.2, 0.25) is 0 Å². The van der Waals surface area contributed by atoms with E-state index >= 15 is 0 Å². The Kier molecular flexibility index (Phi) is 1.88. The van der Waals surface area contributed by atoms with Crippen LogP contribution in [0.1, 0.15) is 25.1 Å². The molecule has 2 atom stereocenters. The van der Waals surface area contributed by atoms with Crippen LogP contribution in [-0.2, 0) is 5.67 Å². The first-order chi connectivity index (χ1) is 6.38. The number of nitrogens with zero attached hydrogens (tertiary/aromatic N) is 1. The SMILES string of the molecule is CC1(C)C(N)CC1(F)c1cnc(N)s1. The average molecular weight is 215 g/mol. The maximum Gasteiger partial charge on any atom is 0.180 e. The van der Waals surface area contributed by atoms with E-state index < -0.39 is 11.1 Å². The molecule has 1 aromatic rings. The Balaban J connectivity index is 2.36. The van der Waals surface area contributed by atoms with Crippen LogP contribution in [0.4, 0.5) is 9.52 Å². The zero-order valence-corrected chi connectivity index (χ0v) is 9.07. The van der Waals surface area contributed by atoms with Gasteiger partial charge in [-0.25, -0.2) is 9.37 Å². The highest BCUT2D eigenvalue weighted by Gasteiger charge is 2.61. The summed E-state index contributed by atoms with van der Waals surface area (Å²) in [6.45, 7) is 3.69. The number of hydrogen-bond acceptors (Lipinski definition) is 4. The molecule has 78 valence electrons. The molecule has 0 aliphatic heterocycles. The lowest BCUT2D eigenvalue weighted by atomic mass is 9.56. The van der Waals surface area contributed by atoms with Gasteiger partial charge >= 0.3 is 0 Å². The minimum atomic E-state index is -1.35. The first-order valence-corrected chi connectivity index (χ1v) is 5.36. The summed E-state index contributed by atoms with van der Waals surface area (Å²) < 4.78 is 14.5. The van der Waals surface area contributed by atoms with Crippen LogP contribution in [0.2, 0.25) is 0 Å². The highest BCUT2D eigenvalue weighted by atomic mass is 32.1. The molecule has 4 N–H and O–H groups in total. The standard InChI is InChI=1S/C9H14FN3S/c1-8(2)5(11)3-9(8,10)6-4-13-7(12)14-6/h4-5H,3,11H2,1-2H3,(H2,12,13). The Morgan fingerprint density at radius 2 is 2.29 bits per heavy atom. The summed E-state index contributed by atoms with van der Waals surface area (Å²) in [6, 6.07) is -0.0872. The number of hydrogen-bond donors (Lipinski definition) is 2. The molecule has 0 bridgehead atoms. The van der Waals surface area contributed by atoms with Gasteiger partial charge in [0.25, 0.3) is 0 Å². The number of alkyl halides is 1. The van der Waals surface area contributed by atoms with E-state index in [1.807, 2.05) is 13.8 Å². The van der Waals surface area contributed by atoms with Crippen LogP contribution in [0.5, 0.6) is 0 Å². The maximum atomic E-state index is 14.5. The van der Waals surface area contributed by atoms with E-state index in [0.29, 0.717) is 16.4 Å². The van der Waals surface area contributed by atoms with Crippen LogP contribution in [0.3, 0.4) is 0 Å². The fraction of sp³-hybridized carbons (Fsp3) is 0.667. The predicted molar refractivity (Wildman–Crippen MR) is 55.7 cm³/mol. The molecule has 0 aromatic carbocycles. The van der Waals surface area contributed by atoms with Crippen molar-refractivity contribution in [3.63, 3.8) is 0 Å². The quantitative estimate of drug-likeness (QED) is 0.748. The Labute approximate surface area is 86.3 Å². The number of nitrogen functional groups attached to an aromatic ring is 1. The number of rotatable bonds is 1. The summed E-state index contributed by atoms with van der Waals surface area (Å²) >= 11 is 1.21. The minimum absolute atomic E-state index is 0.0872. The highest BCUT2D eigenvalue weighted by Crippen LogP contribution is 2.59. The largest absolute Gasteiger partial charge is 0.375 e. The van der Waals surface area contributed by atoms with Crippen LogP contribution >= 0.6 is 11.3 Å². The van der Waals surface area contributed by atoms with Gasteiger partial charge in [-0.05, 0) is 0 Å². The maximum absolute atomic E-state index is 14.5. The Hall–Kier alpha value is -0.680. The number of halogens is 1. The number of thiazole rings is 1. The van der Waals surface area contributed by atoms with E-state index in [1.54, 1.807) is 0 Å². The summed E-state index contributed by atoms with van der Waals surface area (Å²) in [7, 11) is 0. The van der Waals surface area contributed by atoms with Crippen molar-refractivity contribution in [1.29, 1.82) is 0 Å². The first-order valence-electron chi connectivity index (χ1n) is 4.54. The van der Waals surface area contributed by atoms with Crippen LogP contribution in [0, 0.1) is 5.41 Å². The van der Waals surface area contributed by atoms with Gasteiger partial charge in [-0.3, -0.25) is 0 Å². The molecular weight excluding hydrogens is 201 g/mol. The molecule has 2 rings (SSSR count). The molecule has 1 saturated carbocycles. The topological polar surface area (TPSA) is 64.9 Å². The Bertz CT molecular complexity index is 363. The normalized spacial score (nSPS) is 35.3. The molecule has 1 aliphatic rings. The van der Waals surface area contributed by atoms with Crippen molar-refractivity contribution in [3.05, 3.63) is 11.1 Å². The van der Waals surface area contributed by atoms with Gasteiger partial charge in [-0.15, -0.1) is 0 Å². The second-order valence-corrected chi connectivity index (χ2v) is 5.46. The molecule has 1 heterocycles. The molecular formula is C9H14FN3S. The second kappa shape index (κ2) is 2.67. The van der Waals surface area contributed by atoms with Crippen LogP contribution < -0.4 is 11.5 Å². The lowest BCUT2D eigenvalue weighted by Crippen LogP contribution is -2.62. The van der Waals surface area contributed by atoms with Gasteiger partial charge in [-0.1, -0.05) is 25.2 Å². The molecule has 0 radical (unpaired) electrons. The molecule has 3 nitrogen and oxygen atoms in total. The highest BCUT2D eigenvalue weighted by molar-refractivity contribution is 7.15. The van der Waals surface area contributed by atoms with Gasteiger partial charge in [-0.2, -0.15) is 0 Å². The third-order valence-corrected chi connectivity index (χ3v) is 4.33. The Morgan fingerprint density at radius 3 is 2.64 bits per heavy atom. The van der Waals surface area contributed by atoms with E-state index in [-0.39, 0.29) is 6.04 Å². The van der Waals surface area contributed by atoms with Crippen molar-refractivity contribution in [2.45, 2.75) is 32.0 Å². The van der Waals surface area contributed by atoms with Gasteiger partial charge < -0.3 is 11.5 Å². The van der Waals surface area contributed by atoms with Crippen molar-refractivity contribution < 1.29 is 4.39 Å². The van der Waals surface area contributed by atoms with Crippen LogP contribution in [-0.4, -0.2) is 11.0 Å². The van der Waals surface area contributed by atoms with E-state index in [9.17, 15) is 4.39 Å². The van der Waals surface area contributed by atoms with E-state index in [0.717, 1.165) is 0 Å². The van der Waals surface area contributed by atoms with Crippen molar-refractivity contribution in [3.8, 4) is 0 Å². The van der Waals surface area contributed by atoms with Crippen LogP contribution in [0.15, 0.2) is 6.20 Å². The van der Waals surface area contributed by atoms with Crippen molar-refractivity contribution >= 4 is 16.5 Å². The number of nitrogens with two attached hydrogens (primary N) is 2. The van der Waals surface area contributed by atoms with Crippen molar-refractivity contribution in [2.24, 2.45) is 11.1 Å². The van der Waals surface area contributed by atoms with E-state index in [4.69, 9.17) is 11.5 Å². The molecule has 0 spiro atoms. The summed E-state index contributed by atoms with van der Waals surface area (Å²) in [5, 5.41) is 0.410. The zero-order valence-electron chi connectivity index (χ0n) is 8.25. The first kappa shape index (κ1) is 9.86. The van der Waals surface area contributed by atoms with Crippen LogP contribution in [0.25, 0.3) is 0 Å². The summed E-state index contributed by atoms with van der Waals surface area (Å²) in [6.07, 6.45) is 1.88. The van der Waals surface area contributed by atoms with Crippen molar-refractivity contribution in [2.75, 3.05) is 5.73 Å². The third-order valence-electron chi connectivity index (χ3n) is 3.36. The summed E-state index contributed by atoms with van der Waals surface area (Å²) in [5.41, 5.74) is 9.41. The molecule has 1 aromatic heterocycles. The number of aromatic nitrogens is 1. The van der Waals surface area contributed by atoms with Gasteiger partial charge in [0.15, 0.2) is 10.8 Å². The molecule has 0 saturated heterocycles. The van der Waals surface area contributed by atoms with E-state index in [1.165, 1.54) is 17.5 Å². The minimum Gasteiger partial charge on any atom is -0.375 e. The van der Waals surface area contributed by atoms with Gasteiger partial charge in [0.1, 0.15) is 0 Å². The number of anilines is 1. The van der Waals surface area contributed by atoms with Gasteiger partial charge in [0.05, 0.1) is 4.88 Å². The van der Waals surface area contributed by atoms with Crippen molar-refractivity contribution in [1.82, 2.24) is 4.98 Å². The summed E-state index contributed by atoms with van der Waals surface area (Å²) in [4.78, 5) is 4.47. The third kappa shape index (κ3) is 1.02. The fourth-order valence-electron chi connectivity index (χ4n) is 1.87. The smallest absolute Gasteiger partial charge is 0.180 e. The molecule has 0 amide bonds. The lowest BCUT2D eigenvalue weighted by Gasteiger charge is -2.54. The fourth-order valence-corrected chi connectivity index (χ4v) is 2.82. The summed E-state index contributed by atoms with van der Waals surface area (Å²) in [5.74, 6) is 0. The second-order valence-electron chi connectivity index (χ2n) is 4.40. The average Bonchev–Trinajstić information content (AvgIpc) is 2.52. The zero-order chi connectivity index (χ0) is 10.6. The monoisotopic (exact) mass is 215 g/mol. The predicted octanol–water partition coefficient (Wildman–Crippen LogP) is 1.65. The molecule has 5 heteroatoms. The molecule has 1 fully saturated rings. The lowest BCUT2D eigenvalue weighted by molar-refractivity contribution is -0.105. The van der Waals surface area contributed by atoms with E-state index in [2.05, 4.69) is 4.98 Å². The Morgan fingerprint density at radius 1 is 1.64 bits per heavy atom. The molecule has 2 unspecified atom stereocenters. The molecule has 1 aliphatic carbocycles. The molecule has 14 heavy (non-hydrogen) atoms.